The molecule has 0 bridgehead atoms. The molecule has 0 spiro atoms. The van der Waals surface area contributed by atoms with Gasteiger partial charge in [0, 0.05) is 6.54 Å². The highest BCUT2D eigenvalue weighted by Gasteiger charge is 2.25. The summed E-state index contributed by atoms with van der Waals surface area (Å²) in [6.45, 7) is 9.19. The lowest BCUT2D eigenvalue weighted by Crippen LogP contribution is -2.29. The Hall–Kier alpha value is -1.43. The molecule has 0 N–H and O–H groups in total. The summed E-state index contributed by atoms with van der Waals surface area (Å²) in [5.74, 6) is 1.18. The summed E-state index contributed by atoms with van der Waals surface area (Å²) in [5, 5.41) is 8.04. The molecule has 6 heteroatoms. The Labute approximate surface area is 121 Å². The van der Waals surface area contributed by atoms with Crippen molar-refractivity contribution in [1.82, 2.24) is 19.7 Å². The number of hydrogen-bond donors (Lipinski definition) is 0. The zero-order chi connectivity index (χ0) is 15.3. The van der Waals surface area contributed by atoms with Gasteiger partial charge in [0.2, 0.25) is 5.82 Å². The molecule has 0 aliphatic rings. The number of carbonyl (C=O) groups excluding carboxylic acids is 1. The highest BCUT2D eigenvalue weighted by molar-refractivity contribution is 5.85. The minimum Gasteiger partial charge on any atom is -0.460 e. The van der Waals surface area contributed by atoms with E-state index in [0.717, 1.165) is 18.8 Å². The largest absolute Gasteiger partial charge is 0.460 e. The zero-order valence-corrected chi connectivity index (χ0v) is 13.4. The molecule has 0 aliphatic heterocycles. The van der Waals surface area contributed by atoms with Crippen molar-refractivity contribution in [3.8, 4) is 0 Å². The van der Waals surface area contributed by atoms with Crippen LogP contribution in [0, 0.1) is 12.8 Å². The van der Waals surface area contributed by atoms with Gasteiger partial charge in [-0.1, -0.05) is 13.8 Å². The standard InChI is InChI=1S/C14H26N4O2/c1-7-20-14(19)13-16-15-11(4)18(13)12(8-10(2)3)9-17(5)6/h10,12H,7-9H2,1-6H3. The Bertz CT molecular complexity index is 430. The van der Waals surface area contributed by atoms with Crippen molar-refractivity contribution in [3.63, 3.8) is 0 Å². The summed E-state index contributed by atoms with van der Waals surface area (Å²) in [6, 6.07) is 0.166. The Kier molecular flexibility index (Phi) is 6.13. The maximum Gasteiger partial charge on any atom is 0.376 e. The second-order valence-corrected chi connectivity index (χ2v) is 5.71. The molecule has 0 fully saturated rings. The molecule has 1 atom stereocenters. The van der Waals surface area contributed by atoms with Gasteiger partial charge in [-0.2, -0.15) is 0 Å². The lowest BCUT2D eigenvalue weighted by atomic mass is 10.0. The van der Waals surface area contributed by atoms with Crippen molar-refractivity contribution >= 4 is 5.97 Å². The van der Waals surface area contributed by atoms with Crippen molar-refractivity contribution in [3.05, 3.63) is 11.6 Å². The molecular formula is C14H26N4O2. The van der Waals surface area contributed by atoms with Crippen LogP contribution >= 0.6 is 0 Å². The summed E-state index contributed by atoms with van der Waals surface area (Å²) >= 11 is 0. The van der Waals surface area contributed by atoms with Crippen molar-refractivity contribution in [2.75, 3.05) is 27.2 Å². The van der Waals surface area contributed by atoms with E-state index in [0.29, 0.717) is 18.3 Å². The number of carbonyl (C=O) groups is 1. The van der Waals surface area contributed by atoms with Gasteiger partial charge in [0.25, 0.3) is 0 Å². The summed E-state index contributed by atoms with van der Waals surface area (Å²) in [6.07, 6.45) is 0.962. The molecule has 1 heterocycles. The maximum absolute atomic E-state index is 12.0. The first kappa shape index (κ1) is 16.6. The quantitative estimate of drug-likeness (QED) is 0.715. The van der Waals surface area contributed by atoms with Crippen LogP contribution < -0.4 is 0 Å². The Morgan fingerprint density at radius 1 is 1.35 bits per heavy atom. The molecule has 114 valence electrons. The van der Waals surface area contributed by atoms with E-state index in [9.17, 15) is 4.79 Å². The topological polar surface area (TPSA) is 60.2 Å². The molecule has 1 unspecified atom stereocenters. The summed E-state index contributed by atoms with van der Waals surface area (Å²) in [4.78, 5) is 14.1. The number of nitrogens with zero attached hydrogens (tertiary/aromatic N) is 4. The molecule has 0 aliphatic carbocycles. The highest BCUT2D eigenvalue weighted by Crippen LogP contribution is 2.21. The monoisotopic (exact) mass is 282 g/mol. The van der Waals surface area contributed by atoms with E-state index in [-0.39, 0.29) is 6.04 Å². The molecule has 0 saturated carbocycles. The van der Waals surface area contributed by atoms with E-state index < -0.39 is 5.97 Å². The zero-order valence-electron chi connectivity index (χ0n) is 13.4. The number of aromatic nitrogens is 3. The first-order chi connectivity index (χ1) is 9.36. The van der Waals surface area contributed by atoms with Gasteiger partial charge in [-0.3, -0.25) is 0 Å². The SMILES string of the molecule is CCOC(=O)c1nnc(C)n1C(CC(C)C)CN(C)C. The van der Waals surface area contributed by atoms with E-state index in [1.165, 1.54) is 0 Å². The normalized spacial score (nSPS) is 13.0. The average Bonchev–Trinajstić information content (AvgIpc) is 2.69. The van der Waals surface area contributed by atoms with Gasteiger partial charge in [0.15, 0.2) is 0 Å². The number of rotatable bonds is 7. The van der Waals surface area contributed by atoms with Gasteiger partial charge in [-0.05, 0) is 40.3 Å². The molecule has 6 nitrogen and oxygen atoms in total. The number of esters is 1. The van der Waals surface area contributed by atoms with Gasteiger partial charge in [-0.15, -0.1) is 10.2 Å². The van der Waals surface area contributed by atoms with Gasteiger partial charge in [0.1, 0.15) is 5.82 Å². The Morgan fingerprint density at radius 2 is 2.00 bits per heavy atom. The van der Waals surface area contributed by atoms with Crippen LogP contribution in [0.3, 0.4) is 0 Å². The average molecular weight is 282 g/mol. The molecule has 0 radical (unpaired) electrons. The molecule has 0 aromatic carbocycles. The second-order valence-electron chi connectivity index (χ2n) is 5.71. The van der Waals surface area contributed by atoms with Crippen molar-refractivity contribution < 1.29 is 9.53 Å². The third-order valence-corrected chi connectivity index (χ3v) is 3.01. The van der Waals surface area contributed by atoms with Gasteiger partial charge in [-0.25, -0.2) is 4.79 Å². The first-order valence-corrected chi connectivity index (χ1v) is 7.10. The van der Waals surface area contributed by atoms with Gasteiger partial charge >= 0.3 is 5.97 Å². The molecule has 20 heavy (non-hydrogen) atoms. The van der Waals surface area contributed by atoms with Crippen LogP contribution in [-0.4, -0.2) is 52.9 Å². The number of aryl methyl sites for hydroxylation is 1. The molecule has 1 rings (SSSR count). The highest BCUT2D eigenvalue weighted by atomic mass is 16.5. The predicted molar refractivity (Wildman–Crippen MR) is 77.8 cm³/mol. The van der Waals surface area contributed by atoms with Crippen LogP contribution in [0.2, 0.25) is 0 Å². The molecule has 0 saturated heterocycles. The van der Waals surface area contributed by atoms with E-state index in [2.05, 4.69) is 28.9 Å². The predicted octanol–water partition coefficient (Wildman–Crippen LogP) is 1.91. The summed E-state index contributed by atoms with van der Waals surface area (Å²) < 4.78 is 6.98. The third kappa shape index (κ3) is 4.30. The van der Waals surface area contributed by atoms with Crippen molar-refractivity contribution in [2.24, 2.45) is 5.92 Å². The fourth-order valence-electron chi connectivity index (χ4n) is 2.37. The minimum atomic E-state index is -0.402. The molecule has 1 aromatic rings. The number of likely N-dealkylation sites (N-methyl/N-ethyl adjacent to an activating group) is 1. The fourth-order valence-corrected chi connectivity index (χ4v) is 2.37. The smallest absolute Gasteiger partial charge is 0.376 e. The van der Waals surface area contributed by atoms with Crippen LogP contribution in [0.25, 0.3) is 0 Å². The van der Waals surface area contributed by atoms with E-state index in [1.54, 1.807) is 6.92 Å². The van der Waals surface area contributed by atoms with Crippen molar-refractivity contribution in [1.29, 1.82) is 0 Å². The first-order valence-electron chi connectivity index (χ1n) is 7.10. The summed E-state index contributed by atoms with van der Waals surface area (Å²) in [7, 11) is 4.05. The van der Waals surface area contributed by atoms with Crippen LogP contribution in [0.5, 0.6) is 0 Å². The lowest BCUT2D eigenvalue weighted by molar-refractivity contribution is 0.0500. The molecule has 1 aromatic heterocycles. The van der Waals surface area contributed by atoms with E-state index >= 15 is 0 Å². The number of ether oxygens (including phenoxy) is 1. The van der Waals surface area contributed by atoms with E-state index in [4.69, 9.17) is 4.74 Å². The lowest BCUT2D eigenvalue weighted by Gasteiger charge is -2.25. The third-order valence-electron chi connectivity index (χ3n) is 3.01. The summed E-state index contributed by atoms with van der Waals surface area (Å²) in [5.41, 5.74) is 0. The Morgan fingerprint density at radius 3 is 2.50 bits per heavy atom. The number of hydrogen-bond acceptors (Lipinski definition) is 5. The van der Waals surface area contributed by atoms with Gasteiger partial charge in [0.05, 0.1) is 12.6 Å². The van der Waals surface area contributed by atoms with Crippen LogP contribution in [0.15, 0.2) is 0 Å². The Balaban J connectivity index is 3.11. The fraction of sp³-hybridized carbons (Fsp3) is 0.786. The maximum atomic E-state index is 12.0. The van der Waals surface area contributed by atoms with Gasteiger partial charge < -0.3 is 14.2 Å². The van der Waals surface area contributed by atoms with E-state index in [1.807, 2.05) is 25.6 Å². The molecular weight excluding hydrogens is 256 g/mol. The minimum absolute atomic E-state index is 0.166. The van der Waals surface area contributed by atoms with Crippen LogP contribution in [-0.2, 0) is 4.74 Å². The van der Waals surface area contributed by atoms with Crippen molar-refractivity contribution in [2.45, 2.75) is 40.2 Å². The second kappa shape index (κ2) is 7.38. The van der Waals surface area contributed by atoms with Crippen LogP contribution in [0.1, 0.15) is 49.7 Å². The van der Waals surface area contributed by atoms with Crippen LogP contribution in [0.4, 0.5) is 0 Å². The molecule has 0 amide bonds.